The molecule has 124 valence electrons. The summed E-state index contributed by atoms with van der Waals surface area (Å²) in [5.41, 5.74) is 5.32. The SMILES string of the molecule is CCOC(=O)/C(C)=C/C=C/C=C/c1c(C)cc(OC)c(C)c1C. The quantitative estimate of drug-likeness (QED) is 0.434. The highest BCUT2D eigenvalue weighted by molar-refractivity contribution is 5.88. The van der Waals surface area contributed by atoms with Crippen molar-refractivity contribution in [3.05, 3.63) is 58.2 Å². The van der Waals surface area contributed by atoms with Gasteiger partial charge in [-0.05, 0) is 62.9 Å². The first-order chi connectivity index (χ1) is 10.9. The van der Waals surface area contributed by atoms with E-state index in [4.69, 9.17) is 9.47 Å². The molecule has 0 bridgehead atoms. The standard InChI is InChI=1S/C20H26O3/c1-7-23-20(21)14(2)11-9-8-10-12-18-15(3)13-19(22-6)17(5)16(18)4/h8-13H,7H2,1-6H3/b9-8+,12-10+,14-11+. The number of rotatable bonds is 6. The number of ether oxygens (including phenoxy) is 2. The Hall–Kier alpha value is -2.29. The molecule has 0 fully saturated rings. The van der Waals surface area contributed by atoms with Crippen LogP contribution in [0.25, 0.3) is 6.08 Å². The second-order valence-corrected chi connectivity index (χ2v) is 5.37. The lowest BCUT2D eigenvalue weighted by Gasteiger charge is -2.13. The highest BCUT2D eigenvalue weighted by Crippen LogP contribution is 2.28. The summed E-state index contributed by atoms with van der Waals surface area (Å²) in [5.74, 6) is 0.638. The van der Waals surface area contributed by atoms with Crippen LogP contribution in [0.15, 0.2) is 35.9 Å². The van der Waals surface area contributed by atoms with Gasteiger partial charge in [-0.1, -0.05) is 30.4 Å². The molecule has 0 aliphatic heterocycles. The highest BCUT2D eigenvalue weighted by Gasteiger charge is 2.08. The molecule has 0 unspecified atom stereocenters. The van der Waals surface area contributed by atoms with Gasteiger partial charge in [-0.3, -0.25) is 0 Å². The van der Waals surface area contributed by atoms with Crippen LogP contribution in [0.1, 0.15) is 36.1 Å². The first kappa shape index (κ1) is 18.8. The van der Waals surface area contributed by atoms with Crippen molar-refractivity contribution in [2.75, 3.05) is 13.7 Å². The van der Waals surface area contributed by atoms with Crippen LogP contribution >= 0.6 is 0 Å². The topological polar surface area (TPSA) is 35.5 Å². The van der Waals surface area contributed by atoms with Crippen LogP contribution in [-0.2, 0) is 9.53 Å². The van der Waals surface area contributed by atoms with Crippen LogP contribution in [0.5, 0.6) is 5.75 Å². The van der Waals surface area contributed by atoms with Crippen molar-refractivity contribution < 1.29 is 14.3 Å². The van der Waals surface area contributed by atoms with Crippen molar-refractivity contribution in [1.29, 1.82) is 0 Å². The summed E-state index contributed by atoms with van der Waals surface area (Å²) in [5, 5.41) is 0. The van der Waals surface area contributed by atoms with Gasteiger partial charge >= 0.3 is 5.97 Å². The molecule has 0 saturated carbocycles. The molecular weight excluding hydrogens is 288 g/mol. The lowest BCUT2D eigenvalue weighted by atomic mass is 9.97. The number of carbonyl (C=O) groups excluding carboxylic acids is 1. The van der Waals surface area contributed by atoms with Gasteiger partial charge in [-0.15, -0.1) is 0 Å². The lowest BCUT2D eigenvalue weighted by molar-refractivity contribution is -0.138. The zero-order valence-electron chi connectivity index (χ0n) is 14.9. The van der Waals surface area contributed by atoms with Crippen molar-refractivity contribution in [1.82, 2.24) is 0 Å². The Morgan fingerprint density at radius 1 is 1.13 bits per heavy atom. The molecule has 0 amide bonds. The van der Waals surface area contributed by atoms with Crippen LogP contribution in [-0.4, -0.2) is 19.7 Å². The van der Waals surface area contributed by atoms with E-state index in [0.29, 0.717) is 12.2 Å². The Labute approximate surface area is 139 Å². The van der Waals surface area contributed by atoms with Gasteiger partial charge in [-0.25, -0.2) is 4.79 Å². The van der Waals surface area contributed by atoms with Gasteiger partial charge in [-0.2, -0.15) is 0 Å². The summed E-state index contributed by atoms with van der Waals surface area (Å²) >= 11 is 0. The fourth-order valence-corrected chi connectivity index (χ4v) is 2.26. The normalized spacial score (nSPS) is 12.2. The first-order valence-corrected chi connectivity index (χ1v) is 7.75. The number of hydrogen-bond donors (Lipinski definition) is 0. The van der Waals surface area contributed by atoms with E-state index in [0.717, 1.165) is 11.3 Å². The van der Waals surface area contributed by atoms with Gasteiger partial charge in [0, 0.05) is 5.57 Å². The molecule has 0 N–H and O–H groups in total. The average molecular weight is 314 g/mol. The summed E-state index contributed by atoms with van der Waals surface area (Å²) in [6, 6.07) is 2.05. The number of carbonyl (C=O) groups is 1. The van der Waals surface area contributed by atoms with E-state index < -0.39 is 0 Å². The van der Waals surface area contributed by atoms with E-state index in [-0.39, 0.29) is 5.97 Å². The molecule has 0 saturated heterocycles. The van der Waals surface area contributed by atoms with Gasteiger partial charge in [0.2, 0.25) is 0 Å². The molecule has 3 nitrogen and oxygen atoms in total. The lowest BCUT2D eigenvalue weighted by Crippen LogP contribution is -2.04. The molecule has 3 heteroatoms. The number of aryl methyl sites for hydroxylation is 1. The monoisotopic (exact) mass is 314 g/mol. The smallest absolute Gasteiger partial charge is 0.333 e. The molecule has 0 aliphatic rings. The van der Waals surface area contributed by atoms with E-state index >= 15 is 0 Å². The fourth-order valence-electron chi connectivity index (χ4n) is 2.26. The van der Waals surface area contributed by atoms with Crippen LogP contribution in [0.3, 0.4) is 0 Å². The van der Waals surface area contributed by atoms with Gasteiger partial charge in [0.25, 0.3) is 0 Å². The van der Waals surface area contributed by atoms with Gasteiger partial charge in [0.1, 0.15) is 5.75 Å². The van der Waals surface area contributed by atoms with Crippen molar-refractivity contribution in [2.45, 2.75) is 34.6 Å². The third kappa shape index (κ3) is 5.13. The minimum Gasteiger partial charge on any atom is -0.496 e. The largest absolute Gasteiger partial charge is 0.496 e. The molecule has 23 heavy (non-hydrogen) atoms. The maximum atomic E-state index is 11.5. The number of methoxy groups -OCH3 is 1. The van der Waals surface area contributed by atoms with E-state index in [1.54, 1.807) is 27.0 Å². The molecule has 0 aromatic heterocycles. The molecule has 0 aliphatic carbocycles. The third-order valence-corrected chi connectivity index (χ3v) is 3.76. The summed E-state index contributed by atoms with van der Waals surface area (Å²) in [6.07, 6.45) is 9.53. The minimum absolute atomic E-state index is 0.279. The van der Waals surface area contributed by atoms with Crippen LogP contribution in [0.4, 0.5) is 0 Å². The van der Waals surface area contributed by atoms with E-state index in [2.05, 4.69) is 32.9 Å². The molecule has 1 aromatic rings. The molecular formula is C20H26O3. The Morgan fingerprint density at radius 3 is 2.43 bits per heavy atom. The Balaban J connectivity index is 2.87. The summed E-state index contributed by atoms with van der Waals surface area (Å²) < 4.78 is 10.3. The maximum absolute atomic E-state index is 11.5. The second-order valence-electron chi connectivity index (χ2n) is 5.37. The molecule has 0 spiro atoms. The van der Waals surface area contributed by atoms with E-state index in [1.807, 2.05) is 18.2 Å². The molecule has 1 rings (SSSR count). The Kier molecular flexibility index (Phi) is 7.33. The summed E-state index contributed by atoms with van der Waals surface area (Å²) in [7, 11) is 1.69. The molecule has 1 aromatic carbocycles. The molecule has 0 radical (unpaired) electrons. The fraction of sp³-hybridized carbons (Fsp3) is 0.350. The number of hydrogen-bond acceptors (Lipinski definition) is 3. The van der Waals surface area contributed by atoms with Crippen molar-refractivity contribution in [3.8, 4) is 5.75 Å². The van der Waals surface area contributed by atoms with Gasteiger partial charge in [0.15, 0.2) is 0 Å². The van der Waals surface area contributed by atoms with Gasteiger partial charge in [0.05, 0.1) is 13.7 Å². The van der Waals surface area contributed by atoms with Crippen LogP contribution in [0.2, 0.25) is 0 Å². The Bertz CT molecular complexity index is 649. The van der Waals surface area contributed by atoms with Crippen molar-refractivity contribution >= 4 is 12.0 Å². The average Bonchev–Trinajstić information content (AvgIpc) is 2.53. The zero-order valence-corrected chi connectivity index (χ0v) is 14.9. The summed E-state index contributed by atoms with van der Waals surface area (Å²) in [4.78, 5) is 11.5. The number of benzene rings is 1. The van der Waals surface area contributed by atoms with Gasteiger partial charge < -0.3 is 9.47 Å². The maximum Gasteiger partial charge on any atom is 0.333 e. The second kappa shape index (κ2) is 8.99. The summed E-state index contributed by atoms with van der Waals surface area (Å²) in [6.45, 7) is 10.2. The number of allylic oxidation sites excluding steroid dienone is 4. The van der Waals surface area contributed by atoms with E-state index in [1.165, 1.54) is 16.7 Å². The molecule has 0 atom stereocenters. The van der Waals surface area contributed by atoms with E-state index in [9.17, 15) is 4.79 Å². The first-order valence-electron chi connectivity index (χ1n) is 7.75. The van der Waals surface area contributed by atoms with Crippen LogP contribution < -0.4 is 4.74 Å². The Morgan fingerprint density at radius 2 is 1.83 bits per heavy atom. The van der Waals surface area contributed by atoms with Crippen LogP contribution in [0, 0.1) is 20.8 Å². The zero-order chi connectivity index (χ0) is 17.4. The van der Waals surface area contributed by atoms with Crippen molar-refractivity contribution in [2.24, 2.45) is 0 Å². The minimum atomic E-state index is -0.279. The third-order valence-electron chi connectivity index (χ3n) is 3.76. The van der Waals surface area contributed by atoms with Crippen molar-refractivity contribution in [3.63, 3.8) is 0 Å². The molecule has 0 heterocycles. The number of esters is 1. The predicted octanol–water partition coefficient (Wildman–Crippen LogP) is 4.70. The highest BCUT2D eigenvalue weighted by atomic mass is 16.5. The predicted molar refractivity (Wildman–Crippen MR) is 95.8 cm³/mol.